The number of fused-ring (bicyclic) bond motifs is 1. The van der Waals surface area contributed by atoms with Crippen LogP contribution >= 0.6 is 11.3 Å². The van der Waals surface area contributed by atoms with Gasteiger partial charge in [0.1, 0.15) is 28.9 Å². The van der Waals surface area contributed by atoms with Crippen LogP contribution in [0, 0.1) is 11.7 Å². The number of rotatable bonds is 7. The van der Waals surface area contributed by atoms with Gasteiger partial charge < -0.3 is 15.0 Å². The van der Waals surface area contributed by atoms with E-state index < -0.39 is 0 Å². The number of carbonyl (C=O) groups is 2. The van der Waals surface area contributed by atoms with Gasteiger partial charge >= 0.3 is 0 Å². The summed E-state index contributed by atoms with van der Waals surface area (Å²) in [6.45, 7) is 8.35. The second-order valence-electron chi connectivity index (χ2n) is 9.30. The molecule has 0 saturated carbocycles. The molecule has 4 rings (SSSR count). The molecular formula is C27H30FN3O3S. The highest BCUT2D eigenvalue weighted by Gasteiger charge is 2.33. The number of carbonyl (C=O) groups excluding carboxylic acids is 2. The second kappa shape index (κ2) is 10.6. The predicted octanol–water partition coefficient (Wildman–Crippen LogP) is 5.13. The lowest BCUT2D eigenvalue weighted by Crippen LogP contribution is -2.42. The number of amides is 2. The van der Waals surface area contributed by atoms with E-state index >= 15 is 0 Å². The Morgan fingerprint density at radius 3 is 2.71 bits per heavy atom. The summed E-state index contributed by atoms with van der Waals surface area (Å²) in [6, 6.07) is 11.9. The first-order chi connectivity index (χ1) is 16.7. The van der Waals surface area contributed by atoms with Crippen LogP contribution in [0.15, 0.2) is 47.8 Å². The minimum atomic E-state index is -0.390. The lowest BCUT2D eigenvalue weighted by Gasteiger charge is -2.39. The van der Waals surface area contributed by atoms with E-state index in [9.17, 15) is 14.0 Å². The van der Waals surface area contributed by atoms with Gasteiger partial charge in [0, 0.05) is 23.9 Å². The van der Waals surface area contributed by atoms with Crippen molar-refractivity contribution in [3.8, 4) is 5.75 Å². The Morgan fingerprint density at radius 2 is 2.00 bits per heavy atom. The fraction of sp³-hybridized carbons (Fsp3) is 0.370. The summed E-state index contributed by atoms with van der Waals surface area (Å²) >= 11 is 1.37. The molecule has 1 atom stereocenters. The first-order valence-corrected chi connectivity index (χ1v) is 12.7. The topological polar surface area (TPSA) is 71.5 Å². The van der Waals surface area contributed by atoms with Crippen LogP contribution in [0.4, 0.5) is 4.39 Å². The molecule has 0 fully saturated rings. The molecule has 8 heteroatoms. The number of nitrogens with zero attached hydrogens (tertiary/aromatic N) is 2. The van der Waals surface area contributed by atoms with Crippen molar-refractivity contribution < 1.29 is 18.7 Å². The number of nitrogens with one attached hydrogen (secondary N) is 1. The Bertz CT molecular complexity index is 1220. The standard InChI is InChI=1S/C27H30FN3O3S/c1-16(2)27(33)31-11-10-18-8-9-21(13-22(18)25(31)19-6-5-7-20(28)12-19)34-14-24-30-23(15-35-24)26(32)29-17(3)4/h5-9,12-13,15-17,25H,10-11,14H2,1-4H3,(H,29,32)/t25-/m0/s1. The van der Waals surface area contributed by atoms with E-state index in [-0.39, 0.29) is 42.2 Å². The Hall–Kier alpha value is -3.26. The zero-order valence-electron chi connectivity index (χ0n) is 20.4. The van der Waals surface area contributed by atoms with Gasteiger partial charge in [-0.15, -0.1) is 11.3 Å². The van der Waals surface area contributed by atoms with Gasteiger partial charge in [-0.05, 0) is 61.2 Å². The van der Waals surface area contributed by atoms with Gasteiger partial charge in [0.15, 0.2) is 0 Å². The van der Waals surface area contributed by atoms with Crippen LogP contribution in [-0.2, 0) is 17.8 Å². The maximum absolute atomic E-state index is 14.1. The van der Waals surface area contributed by atoms with Crippen LogP contribution in [-0.4, -0.2) is 34.3 Å². The van der Waals surface area contributed by atoms with Gasteiger partial charge in [0.25, 0.3) is 5.91 Å². The highest BCUT2D eigenvalue weighted by molar-refractivity contribution is 7.09. The summed E-state index contributed by atoms with van der Waals surface area (Å²) in [6.07, 6.45) is 0.723. The van der Waals surface area contributed by atoms with Crippen LogP contribution in [0.2, 0.25) is 0 Å². The molecule has 0 bridgehead atoms. The molecule has 35 heavy (non-hydrogen) atoms. The van der Waals surface area contributed by atoms with Gasteiger partial charge in [0.05, 0.1) is 6.04 Å². The summed E-state index contributed by atoms with van der Waals surface area (Å²) in [5, 5.41) is 5.24. The third kappa shape index (κ3) is 5.70. The van der Waals surface area contributed by atoms with Crippen LogP contribution in [0.25, 0.3) is 0 Å². The third-order valence-electron chi connectivity index (χ3n) is 5.85. The Kier molecular flexibility index (Phi) is 7.50. The smallest absolute Gasteiger partial charge is 0.270 e. The van der Waals surface area contributed by atoms with Crippen LogP contribution in [0.1, 0.15) is 65.9 Å². The van der Waals surface area contributed by atoms with Crippen molar-refractivity contribution in [3.63, 3.8) is 0 Å². The zero-order chi connectivity index (χ0) is 25.1. The molecule has 184 valence electrons. The molecule has 0 aliphatic carbocycles. The van der Waals surface area contributed by atoms with Crippen LogP contribution < -0.4 is 10.1 Å². The number of thiazole rings is 1. The molecule has 2 heterocycles. The fourth-order valence-electron chi connectivity index (χ4n) is 4.25. The van der Waals surface area contributed by atoms with E-state index in [2.05, 4.69) is 10.3 Å². The maximum Gasteiger partial charge on any atom is 0.270 e. The Balaban J connectivity index is 1.59. The molecule has 1 aliphatic heterocycles. The minimum absolute atomic E-state index is 0.0335. The number of aromatic nitrogens is 1. The minimum Gasteiger partial charge on any atom is -0.486 e. The molecule has 1 aliphatic rings. The zero-order valence-corrected chi connectivity index (χ0v) is 21.2. The monoisotopic (exact) mass is 495 g/mol. The van der Waals surface area contributed by atoms with Gasteiger partial charge in [-0.1, -0.05) is 32.0 Å². The fourth-order valence-corrected chi connectivity index (χ4v) is 4.94. The highest BCUT2D eigenvalue weighted by Crippen LogP contribution is 2.38. The summed E-state index contributed by atoms with van der Waals surface area (Å²) in [5.74, 6) is -0.0400. The highest BCUT2D eigenvalue weighted by atomic mass is 32.1. The van der Waals surface area contributed by atoms with E-state index in [1.807, 2.05) is 56.9 Å². The molecule has 2 aromatic carbocycles. The van der Waals surface area contributed by atoms with Gasteiger partial charge in [-0.3, -0.25) is 9.59 Å². The van der Waals surface area contributed by atoms with E-state index in [4.69, 9.17) is 4.74 Å². The van der Waals surface area contributed by atoms with E-state index in [0.717, 1.165) is 23.1 Å². The van der Waals surface area contributed by atoms with Crippen molar-refractivity contribution in [2.45, 2.75) is 52.8 Å². The molecule has 3 aromatic rings. The molecular weight excluding hydrogens is 465 g/mol. The molecule has 0 unspecified atom stereocenters. The molecule has 2 amide bonds. The predicted molar refractivity (Wildman–Crippen MR) is 134 cm³/mol. The van der Waals surface area contributed by atoms with Crippen molar-refractivity contribution in [1.82, 2.24) is 15.2 Å². The van der Waals surface area contributed by atoms with Gasteiger partial charge in [0.2, 0.25) is 5.91 Å². The van der Waals surface area contributed by atoms with E-state index in [1.54, 1.807) is 11.4 Å². The first kappa shape index (κ1) is 24.9. The van der Waals surface area contributed by atoms with Crippen molar-refractivity contribution in [2.75, 3.05) is 6.54 Å². The summed E-state index contributed by atoms with van der Waals surface area (Å²) in [7, 11) is 0. The van der Waals surface area contributed by atoms with Crippen molar-refractivity contribution >= 4 is 23.2 Å². The molecule has 1 aromatic heterocycles. The number of hydrogen-bond donors (Lipinski definition) is 1. The quantitative estimate of drug-likeness (QED) is 0.493. The largest absolute Gasteiger partial charge is 0.486 e. The van der Waals surface area contributed by atoms with E-state index in [0.29, 0.717) is 23.0 Å². The number of hydrogen-bond acceptors (Lipinski definition) is 5. The molecule has 6 nitrogen and oxygen atoms in total. The average Bonchev–Trinajstić information content (AvgIpc) is 3.30. The van der Waals surface area contributed by atoms with Gasteiger partial charge in [-0.25, -0.2) is 9.37 Å². The van der Waals surface area contributed by atoms with Crippen LogP contribution in [0.5, 0.6) is 5.75 Å². The lowest BCUT2D eigenvalue weighted by atomic mass is 9.87. The Labute approximate surface area is 209 Å². The van der Waals surface area contributed by atoms with Crippen molar-refractivity contribution in [2.24, 2.45) is 5.92 Å². The molecule has 1 N–H and O–H groups in total. The number of halogens is 1. The van der Waals surface area contributed by atoms with Crippen molar-refractivity contribution in [3.05, 3.63) is 81.1 Å². The summed E-state index contributed by atoms with van der Waals surface area (Å²) in [4.78, 5) is 31.4. The SMILES string of the molecule is CC(C)NC(=O)c1csc(COc2ccc3c(c2)[C@H](c2cccc(F)c2)N(C(=O)C(C)C)CC3)n1. The summed E-state index contributed by atoms with van der Waals surface area (Å²) < 4.78 is 20.2. The van der Waals surface area contributed by atoms with E-state index in [1.165, 1.54) is 23.5 Å². The van der Waals surface area contributed by atoms with Crippen LogP contribution in [0.3, 0.4) is 0 Å². The molecule has 0 spiro atoms. The first-order valence-electron chi connectivity index (χ1n) is 11.8. The summed E-state index contributed by atoms with van der Waals surface area (Å²) in [5.41, 5.74) is 3.16. The number of benzene rings is 2. The normalized spacial score (nSPS) is 15.3. The lowest BCUT2D eigenvalue weighted by molar-refractivity contribution is -0.136. The molecule has 0 radical (unpaired) electrons. The van der Waals surface area contributed by atoms with Gasteiger partial charge in [-0.2, -0.15) is 0 Å². The maximum atomic E-state index is 14.1. The van der Waals surface area contributed by atoms with Crippen molar-refractivity contribution in [1.29, 1.82) is 0 Å². The number of ether oxygens (including phenoxy) is 1. The molecule has 0 saturated heterocycles. The second-order valence-corrected chi connectivity index (χ2v) is 10.2. The average molecular weight is 496 g/mol. The third-order valence-corrected chi connectivity index (χ3v) is 6.68. The Morgan fingerprint density at radius 1 is 1.20 bits per heavy atom.